The van der Waals surface area contributed by atoms with Crippen LogP contribution in [0.3, 0.4) is 0 Å². The zero-order valence-corrected chi connectivity index (χ0v) is 21.0. The molecule has 0 aromatic heterocycles. The maximum Gasteiger partial charge on any atom is 0.278 e. The first-order valence-corrected chi connectivity index (χ1v) is 12.5. The Balaban J connectivity index is 1.45. The Kier molecular flexibility index (Phi) is 8.35. The number of anilines is 1. The topological polar surface area (TPSA) is 34.4 Å². The minimum absolute atomic E-state index is 0.0589. The van der Waals surface area contributed by atoms with Crippen LogP contribution in [0.25, 0.3) is 0 Å². The molecule has 2 aromatic carbocycles. The highest BCUT2D eigenvalue weighted by Crippen LogP contribution is 2.32. The van der Waals surface area contributed by atoms with Gasteiger partial charge in [-0.1, -0.05) is 49.0 Å². The zero-order chi connectivity index (χ0) is 25.8. The van der Waals surface area contributed by atoms with E-state index >= 15 is 0 Å². The van der Waals surface area contributed by atoms with Crippen molar-refractivity contribution in [2.75, 3.05) is 17.4 Å². The van der Waals surface area contributed by atoms with Gasteiger partial charge in [-0.3, -0.25) is 4.31 Å². The first kappa shape index (κ1) is 26.2. The van der Waals surface area contributed by atoms with E-state index in [1.807, 2.05) is 68.4 Å². The summed E-state index contributed by atoms with van der Waals surface area (Å²) in [5.74, 6) is 0. The van der Waals surface area contributed by atoms with Crippen LogP contribution in [0.2, 0.25) is 0 Å². The minimum atomic E-state index is -2.59. The van der Waals surface area contributed by atoms with Crippen LogP contribution in [0.5, 0.6) is 0 Å². The second-order valence-electron chi connectivity index (χ2n) is 9.01. The van der Waals surface area contributed by atoms with Gasteiger partial charge in [-0.25, -0.2) is 21.9 Å². The Morgan fingerprint density at radius 1 is 1.00 bits per heavy atom. The molecule has 2 aliphatic rings. The van der Waals surface area contributed by atoms with E-state index in [1.54, 1.807) is 17.0 Å². The third-order valence-electron chi connectivity index (χ3n) is 6.24. The summed E-state index contributed by atoms with van der Waals surface area (Å²) in [7, 11) is 0. The zero-order valence-electron chi connectivity index (χ0n) is 20.2. The van der Waals surface area contributed by atoms with Gasteiger partial charge in [-0.15, -0.1) is 0 Å². The van der Waals surface area contributed by atoms with Crippen molar-refractivity contribution in [1.29, 1.82) is 0 Å². The van der Waals surface area contributed by atoms with E-state index in [9.17, 15) is 17.6 Å². The van der Waals surface area contributed by atoms with Gasteiger partial charge in [0.2, 0.25) is 0 Å². The van der Waals surface area contributed by atoms with Crippen LogP contribution >= 0.6 is 12.1 Å². The molecule has 0 radical (unpaired) electrons. The predicted molar refractivity (Wildman–Crippen MR) is 139 cm³/mol. The first-order chi connectivity index (χ1) is 17.2. The van der Waals surface area contributed by atoms with Crippen LogP contribution in [0.1, 0.15) is 31.4 Å². The fourth-order valence-corrected chi connectivity index (χ4v) is 5.80. The summed E-state index contributed by atoms with van der Waals surface area (Å²) in [6.07, 6.45) is -5.10. The Bertz CT molecular complexity index is 1100. The van der Waals surface area contributed by atoms with E-state index < -0.39 is 12.9 Å². The highest BCUT2D eigenvalue weighted by molar-refractivity contribution is 7.98. The Labute approximate surface area is 213 Å². The number of rotatable bonds is 9. The maximum atomic E-state index is 13.3. The van der Waals surface area contributed by atoms with E-state index in [4.69, 9.17) is 0 Å². The van der Waals surface area contributed by atoms with Crippen molar-refractivity contribution >= 4 is 29.2 Å². The molecule has 192 valence electrons. The first-order valence-electron chi connectivity index (χ1n) is 11.7. The van der Waals surface area contributed by atoms with Gasteiger partial charge in [-0.05, 0) is 37.1 Å². The number of nitrogens with zero attached hydrogens (tertiary/aromatic N) is 5. The van der Waals surface area contributed by atoms with Gasteiger partial charge < -0.3 is 4.90 Å². The van der Waals surface area contributed by atoms with Crippen LogP contribution in [-0.4, -0.2) is 58.7 Å². The molecule has 2 aliphatic heterocycles. The molecule has 0 N–H and O–H groups in total. The van der Waals surface area contributed by atoms with Crippen LogP contribution < -0.4 is 4.31 Å². The third kappa shape index (κ3) is 6.10. The molecule has 0 aliphatic carbocycles. The summed E-state index contributed by atoms with van der Waals surface area (Å²) in [5.41, 5.74) is 3.03. The second-order valence-corrected chi connectivity index (χ2v) is 10.1. The molecule has 2 atom stereocenters. The molecule has 4 rings (SSSR count). The smallest absolute Gasteiger partial charge is 0.278 e. The molecule has 2 aromatic rings. The number of allylic oxidation sites excluding steroid dienone is 1. The molecule has 36 heavy (non-hydrogen) atoms. The second kappa shape index (κ2) is 11.5. The van der Waals surface area contributed by atoms with E-state index in [0.29, 0.717) is 25.3 Å². The summed E-state index contributed by atoms with van der Waals surface area (Å²) < 4.78 is 56.7. The predicted octanol–water partition coefficient (Wildman–Crippen LogP) is 6.24. The van der Waals surface area contributed by atoms with E-state index in [-0.39, 0.29) is 29.9 Å². The van der Waals surface area contributed by atoms with Gasteiger partial charge in [-0.2, -0.15) is 10.2 Å². The van der Waals surface area contributed by atoms with Gasteiger partial charge in [0.25, 0.3) is 12.9 Å². The number of hydrogen-bond donors (Lipinski definition) is 0. The number of alkyl halides is 4. The number of halogens is 4. The summed E-state index contributed by atoms with van der Waals surface area (Å²) in [6.45, 7) is 9.29. The molecule has 2 unspecified atom stereocenters. The molecule has 0 spiro atoms. The van der Waals surface area contributed by atoms with Crippen LogP contribution in [-0.2, 0) is 6.54 Å². The van der Waals surface area contributed by atoms with Gasteiger partial charge in [0.15, 0.2) is 0 Å². The molecule has 0 bridgehead atoms. The van der Waals surface area contributed by atoms with Gasteiger partial charge in [0.1, 0.15) is 5.71 Å². The maximum absolute atomic E-state index is 13.3. The SMILES string of the molecule is C=C(C(F)F)N1C(C)CN(SN(Cc2ccc(C3=NN=C(C(F)F)C3)cc2)c2ccccc2)CC1C. The molecule has 1 fully saturated rings. The molecule has 0 saturated carbocycles. The van der Waals surface area contributed by atoms with Crippen molar-refractivity contribution in [3.63, 3.8) is 0 Å². The van der Waals surface area contributed by atoms with Crippen LogP contribution in [0.15, 0.2) is 77.1 Å². The molecular weight excluding hydrogens is 490 g/mol. The summed E-state index contributed by atoms with van der Waals surface area (Å²) >= 11 is 1.57. The van der Waals surface area contributed by atoms with E-state index in [2.05, 4.69) is 25.4 Å². The Morgan fingerprint density at radius 3 is 2.19 bits per heavy atom. The summed E-state index contributed by atoms with van der Waals surface area (Å²) in [6, 6.07) is 17.4. The Hall–Kier alpha value is -2.85. The lowest BCUT2D eigenvalue weighted by molar-refractivity contribution is 0.0645. The number of hydrogen-bond acceptors (Lipinski definition) is 6. The average molecular weight is 520 g/mol. The van der Waals surface area contributed by atoms with Crippen LogP contribution in [0.4, 0.5) is 23.2 Å². The molecule has 1 saturated heterocycles. The lowest BCUT2D eigenvalue weighted by atomic mass is 10.0. The Morgan fingerprint density at radius 2 is 1.64 bits per heavy atom. The fraction of sp³-hybridized carbons (Fsp3) is 0.385. The lowest BCUT2D eigenvalue weighted by Gasteiger charge is -2.46. The summed E-state index contributed by atoms with van der Waals surface area (Å²) in [4.78, 5) is 1.72. The van der Waals surface area contributed by atoms with Crippen molar-refractivity contribution in [1.82, 2.24) is 9.21 Å². The molecule has 5 nitrogen and oxygen atoms in total. The molecule has 2 heterocycles. The molecular formula is C26H29F4N5S. The normalized spacial score (nSPS) is 20.6. The average Bonchev–Trinajstić information content (AvgIpc) is 3.35. The quantitative estimate of drug-likeness (QED) is 0.290. The van der Waals surface area contributed by atoms with E-state index in [1.165, 1.54) is 0 Å². The molecule has 0 amide bonds. The summed E-state index contributed by atoms with van der Waals surface area (Å²) in [5, 5.41) is 7.51. The monoisotopic (exact) mass is 519 g/mol. The minimum Gasteiger partial charge on any atom is -0.363 e. The highest BCUT2D eigenvalue weighted by Gasteiger charge is 2.34. The van der Waals surface area contributed by atoms with Gasteiger partial charge >= 0.3 is 0 Å². The van der Waals surface area contributed by atoms with Crippen LogP contribution in [0, 0.1) is 0 Å². The van der Waals surface area contributed by atoms with Gasteiger partial charge in [0.05, 0.1) is 18.0 Å². The van der Waals surface area contributed by atoms with Crippen molar-refractivity contribution in [2.45, 2.75) is 51.7 Å². The van der Waals surface area contributed by atoms with Crippen molar-refractivity contribution in [3.05, 3.63) is 78.0 Å². The number of para-hydroxylation sites is 1. The van der Waals surface area contributed by atoms with Crippen molar-refractivity contribution < 1.29 is 17.6 Å². The number of piperazine rings is 1. The van der Waals surface area contributed by atoms with E-state index in [0.717, 1.165) is 16.8 Å². The van der Waals surface area contributed by atoms with Gasteiger partial charge in [0, 0.05) is 49.4 Å². The van der Waals surface area contributed by atoms with Crippen molar-refractivity contribution in [2.24, 2.45) is 10.2 Å². The standard InChI is InChI=1S/C26H29F4N5S/c1-17-14-33(15-18(2)35(17)19(3)25(27)28)36-34(22-7-5-4-6-8-22)16-20-9-11-21(12-10-20)23-13-24(26(29)30)32-31-23/h4-12,17-18,25-26H,3,13-16H2,1-2H3. The van der Waals surface area contributed by atoms with Crippen molar-refractivity contribution in [3.8, 4) is 0 Å². The largest absolute Gasteiger partial charge is 0.363 e. The molecule has 10 heteroatoms. The third-order valence-corrected chi connectivity index (χ3v) is 7.31. The fourth-order valence-electron chi connectivity index (χ4n) is 4.54. The lowest BCUT2D eigenvalue weighted by Crippen LogP contribution is -2.55. The number of benzene rings is 2. The highest BCUT2D eigenvalue weighted by atomic mass is 32.2.